The third-order valence-corrected chi connectivity index (χ3v) is 3.47. The molecule has 106 valence electrons. The van der Waals surface area contributed by atoms with Gasteiger partial charge in [-0.3, -0.25) is 4.79 Å². The summed E-state index contributed by atoms with van der Waals surface area (Å²) in [6.07, 6.45) is 1.14. The summed E-state index contributed by atoms with van der Waals surface area (Å²) in [6.45, 7) is 3.17. The molecule has 0 aromatic heterocycles. The molecule has 0 radical (unpaired) electrons. The maximum atomic E-state index is 11.1. The van der Waals surface area contributed by atoms with Crippen molar-refractivity contribution in [1.82, 2.24) is 5.32 Å². The van der Waals surface area contributed by atoms with Crippen LogP contribution in [0.4, 0.5) is 5.69 Å². The van der Waals surface area contributed by atoms with Gasteiger partial charge in [-0.25, -0.2) is 0 Å². The van der Waals surface area contributed by atoms with Crippen LogP contribution in [0.25, 0.3) is 0 Å². The molecule has 0 bridgehead atoms. The van der Waals surface area contributed by atoms with Crippen LogP contribution in [-0.4, -0.2) is 37.6 Å². The van der Waals surface area contributed by atoms with E-state index in [9.17, 15) is 4.79 Å². The van der Waals surface area contributed by atoms with E-state index >= 15 is 0 Å². The zero-order valence-electron chi connectivity index (χ0n) is 11.6. The van der Waals surface area contributed by atoms with Crippen molar-refractivity contribution in [3.63, 3.8) is 0 Å². The Hall–Kier alpha value is -1.36. The lowest BCUT2D eigenvalue weighted by atomic mass is 10.3. The molecule has 0 aliphatic heterocycles. The van der Waals surface area contributed by atoms with Crippen molar-refractivity contribution in [3.8, 4) is 5.75 Å². The Morgan fingerprint density at radius 2 is 2.26 bits per heavy atom. The van der Waals surface area contributed by atoms with Gasteiger partial charge in [-0.15, -0.1) is 0 Å². The van der Waals surface area contributed by atoms with Gasteiger partial charge >= 0.3 is 0 Å². The van der Waals surface area contributed by atoms with Gasteiger partial charge in [0.25, 0.3) is 5.91 Å². The molecular formula is C14H22N2O2S. The molecule has 1 aromatic carbocycles. The Morgan fingerprint density at radius 3 is 3.00 bits per heavy atom. The van der Waals surface area contributed by atoms with Crippen molar-refractivity contribution in [2.45, 2.75) is 13.3 Å². The highest BCUT2D eigenvalue weighted by atomic mass is 32.2. The minimum Gasteiger partial charge on any atom is -0.484 e. The first-order valence-corrected chi connectivity index (χ1v) is 7.66. The molecule has 0 spiro atoms. The second-order valence-corrected chi connectivity index (χ2v) is 5.36. The van der Waals surface area contributed by atoms with Crippen LogP contribution < -0.4 is 15.4 Å². The van der Waals surface area contributed by atoms with E-state index in [2.05, 4.69) is 17.6 Å². The summed E-state index contributed by atoms with van der Waals surface area (Å²) in [6, 6.07) is 7.68. The van der Waals surface area contributed by atoms with Crippen LogP contribution in [-0.2, 0) is 4.79 Å². The smallest absolute Gasteiger partial charge is 0.257 e. The van der Waals surface area contributed by atoms with Crippen molar-refractivity contribution in [3.05, 3.63) is 24.3 Å². The summed E-state index contributed by atoms with van der Waals surface area (Å²) in [5.41, 5.74) is 1.02. The topological polar surface area (TPSA) is 50.4 Å². The highest BCUT2D eigenvalue weighted by molar-refractivity contribution is 7.99. The Labute approximate surface area is 119 Å². The molecule has 2 N–H and O–H groups in total. The largest absolute Gasteiger partial charge is 0.484 e. The van der Waals surface area contributed by atoms with Crippen LogP contribution in [0, 0.1) is 0 Å². The van der Waals surface area contributed by atoms with E-state index in [1.54, 1.807) is 7.05 Å². The van der Waals surface area contributed by atoms with Gasteiger partial charge in [0.1, 0.15) is 5.75 Å². The lowest BCUT2D eigenvalue weighted by Gasteiger charge is -2.09. The molecule has 4 nitrogen and oxygen atoms in total. The first kappa shape index (κ1) is 15.7. The second-order valence-electron chi connectivity index (χ2n) is 3.97. The average molecular weight is 282 g/mol. The van der Waals surface area contributed by atoms with Gasteiger partial charge in [0, 0.05) is 25.3 Å². The fraction of sp³-hybridized carbons (Fsp3) is 0.500. The highest BCUT2D eigenvalue weighted by Crippen LogP contribution is 2.17. The zero-order chi connectivity index (χ0) is 13.9. The molecule has 5 heteroatoms. The molecule has 1 aromatic rings. The monoisotopic (exact) mass is 282 g/mol. The van der Waals surface area contributed by atoms with E-state index in [0.717, 1.165) is 18.7 Å². The number of anilines is 1. The normalized spacial score (nSPS) is 10.0. The number of benzene rings is 1. The maximum Gasteiger partial charge on any atom is 0.257 e. The molecule has 0 unspecified atom stereocenters. The predicted octanol–water partition coefficient (Wildman–Crippen LogP) is 2.37. The molecule has 0 saturated heterocycles. The Kier molecular flexibility index (Phi) is 7.89. The van der Waals surface area contributed by atoms with Gasteiger partial charge in [0.15, 0.2) is 6.61 Å². The molecule has 0 atom stereocenters. The summed E-state index contributed by atoms with van der Waals surface area (Å²) >= 11 is 1.95. The molecular weight excluding hydrogens is 260 g/mol. The third kappa shape index (κ3) is 6.96. The van der Waals surface area contributed by atoms with Gasteiger partial charge in [-0.1, -0.05) is 13.0 Å². The summed E-state index contributed by atoms with van der Waals surface area (Å²) in [5.74, 6) is 2.92. The number of ether oxygens (including phenoxy) is 1. The highest BCUT2D eigenvalue weighted by Gasteiger charge is 2.00. The van der Waals surface area contributed by atoms with Gasteiger partial charge in [-0.2, -0.15) is 11.8 Å². The van der Waals surface area contributed by atoms with Crippen LogP contribution in [0.3, 0.4) is 0 Å². The number of nitrogens with one attached hydrogen (secondary N) is 2. The Balaban J connectivity index is 2.33. The molecule has 0 aliphatic rings. The predicted molar refractivity (Wildman–Crippen MR) is 82.1 cm³/mol. The standard InChI is InChI=1S/C14H22N2O2S/c1-3-19-9-5-8-16-12-6-4-7-13(10-12)18-11-14(17)15-2/h4,6-7,10,16H,3,5,8-9,11H2,1-2H3,(H,15,17). The lowest BCUT2D eigenvalue weighted by molar-refractivity contribution is -0.122. The van der Waals surface area contributed by atoms with Crippen molar-refractivity contribution < 1.29 is 9.53 Å². The third-order valence-electron chi connectivity index (χ3n) is 2.48. The van der Waals surface area contributed by atoms with Gasteiger partial charge in [-0.05, 0) is 30.1 Å². The summed E-state index contributed by atoms with van der Waals surface area (Å²) in [5, 5.41) is 5.87. The minimum absolute atomic E-state index is 0.0487. The molecule has 1 rings (SSSR count). The van der Waals surface area contributed by atoms with Crippen molar-refractivity contribution in [2.24, 2.45) is 0 Å². The summed E-state index contributed by atoms with van der Waals surface area (Å²) in [7, 11) is 1.60. The van der Waals surface area contributed by atoms with Crippen LogP contribution in [0.2, 0.25) is 0 Å². The number of likely N-dealkylation sites (N-methyl/N-ethyl adjacent to an activating group) is 1. The number of rotatable bonds is 9. The first-order valence-electron chi connectivity index (χ1n) is 6.51. The number of hydrogen-bond acceptors (Lipinski definition) is 4. The summed E-state index contributed by atoms with van der Waals surface area (Å²) in [4.78, 5) is 11.1. The van der Waals surface area contributed by atoms with Gasteiger partial charge in [0.05, 0.1) is 0 Å². The van der Waals surface area contributed by atoms with Crippen molar-refractivity contribution in [1.29, 1.82) is 0 Å². The van der Waals surface area contributed by atoms with Crippen LogP contribution in [0.1, 0.15) is 13.3 Å². The second kappa shape index (κ2) is 9.55. The van der Waals surface area contributed by atoms with E-state index < -0.39 is 0 Å². The molecule has 0 fully saturated rings. The quantitative estimate of drug-likeness (QED) is 0.683. The van der Waals surface area contributed by atoms with Gasteiger partial charge in [0.2, 0.25) is 0 Å². The summed E-state index contributed by atoms with van der Waals surface area (Å²) < 4.78 is 5.39. The maximum absolute atomic E-state index is 11.1. The number of thioether (sulfide) groups is 1. The van der Waals surface area contributed by atoms with Gasteiger partial charge < -0.3 is 15.4 Å². The number of carbonyl (C=O) groups excluding carboxylic acids is 1. The number of carbonyl (C=O) groups is 1. The van der Waals surface area contributed by atoms with Crippen molar-refractivity contribution >= 4 is 23.4 Å². The molecule has 0 aliphatic carbocycles. The Morgan fingerprint density at radius 1 is 1.42 bits per heavy atom. The minimum atomic E-state index is -0.130. The van der Waals surface area contributed by atoms with Crippen LogP contribution in [0.15, 0.2) is 24.3 Å². The van der Waals surface area contributed by atoms with Crippen LogP contribution >= 0.6 is 11.8 Å². The Bertz CT molecular complexity index is 385. The SMILES string of the molecule is CCSCCCNc1cccc(OCC(=O)NC)c1. The molecule has 19 heavy (non-hydrogen) atoms. The molecule has 0 saturated carbocycles. The van der Waals surface area contributed by atoms with E-state index in [1.165, 1.54) is 11.5 Å². The fourth-order valence-electron chi connectivity index (χ4n) is 1.47. The molecule has 0 heterocycles. The molecule has 1 amide bonds. The number of amides is 1. The first-order chi connectivity index (χ1) is 9.26. The van der Waals surface area contributed by atoms with E-state index in [0.29, 0.717) is 5.75 Å². The van der Waals surface area contributed by atoms with E-state index in [4.69, 9.17) is 4.74 Å². The zero-order valence-corrected chi connectivity index (χ0v) is 12.4. The van der Waals surface area contributed by atoms with Crippen molar-refractivity contribution in [2.75, 3.05) is 37.0 Å². The van der Waals surface area contributed by atoms with E-state index in [1.807, 2.05) is 36.0 Å². The fourth-order valence-corrected chi connectivity index (χ4v) is 2.11. The number of hydrogen-bond donors (Lipinski definition) is 2. The lowest BCUT2D eigenvalue weighted by Crippen LogP contribution is -2.24. The van der Waals surface area contributed by atoms with E-state index in [-0.39, 0.29) is 12.5 Å². The average Bonchev–Trinajstić information content (AvgIpc) is 2.45. The van der Waals surface area contributed by atoms with Crippen LogP contribution in [0.5, 0.6) is 5.75 Å².